The number of amides is 1. The number of carbonyl (C=O) groups is 2. The number of imidazole rings is 2. The van der Waals surface area contributed by atoms with Crippen LogP contribution in [0, 0.1) is 0 Å². The van der Waals surface area contributed by atoms with Crippen molar-refractivity contribution < 1.29 is 28.5 Å². The van der Waals surface area contributed by atoms with Crippen molar-refractivity contribution in [3.63, 3.8) is 0 Å². The molecule has 0 atom stereocenters. The van der Waals surface area contributed by atoms with Crippen LogP contribution in [0.4, 0.5) is 23.0 Å². The van der Waals surface area contributed by atoms with E-state index in [1.165, 1.54) is 74.7 Å². The average molecular weight is 1220 g/mol. The molecule has 6 aromatic carbocycles. The van der Waals surface area contributed by atoms with Gasteiger partial charge in [0.15, 0.2) is 22.9 Å². The molecule has 0 saturated heterocycles. The number of allylic oxidation sites excluding steroid dienone is 1. The normalized spacial score (nSPS) is 12.9. The molecule has 89 heavy (non-hydrogen) atoms. The summed E-state index contributed by atoms with van der Waals surface area (Å²) in [6, 6.07) is 45.1. The van der Waals surface area contributed by atoms with Crippen LogP contribution in [0.1, 0.15) is 25.7 Å². The number of fused-ring (bicyclic) bond motifs is 2. The Morgan fingerprint density at radius 2 is 0.978 bits per heavy atom. The molecule has 0 aliphatic heterocycles. The summed E-state index contributed by atoms with van der Waals surface area (Å²) in [5.74, 6) is 3.87. The quantitative estimate of drug-likeness (QED) is 0.0474. The molecule has 22 nitrogen and oxygen atoms in total. The minimum Gasteiger partial charge on any atom is -0.497 e. The van der Waals surface area contributed by atoms with E-state index in [1.807, 2.05) is 78.9 Å². The van der Waals surface area contributed by atoms with Gasteiger partial charge in [-0.15, -0.1) is 0 Å². The number of para-hydroxylation sites is 2. The molecule has 10 aromatic rings. The molecule has 5 N–H and O–H groups in total. The maximum absolute atomic E-state index is 14.1. The van der Waals surface area contributed by atoms with E-state index in [2.05, 4.69) is 49.1 Å². The molecule has 2 saturated carbocycles. The van der Waals surface area contributed by atoms with Gasteiger partial charge in [-0.2, -0.15) is 0 Å². The van der Waals surface area contributed by atoms with E-state index < -0.39 is 10.9 Å². The number of nitrogens with zero attached hydrogens (tertiary/aromatic N) is 11. The maximum Gasteiger partial charge on any atom is 0.339 e. The number of ether oxygens (including phenoxy) is 4. The number of hydrogen-bond acceptors (Lipinski definition) is 17. The van der Waals surface area contributed by atoms with Crippen LogP contribution in [0.25, 0.3) is 45.1 Å². The second kappa shape index (κ2) is 27.9. The molecule has 0 bridgehead atoms. The third-order valence-corrected chi connectivity index (χ3v) is 15.0. The summed E-state index contributed by atoms with van der Waals surface area (Å²) in [7, 11) is 10.7. The zero-order valence-electron chi connectivity index (χ0n) is 49.9. The van der Waals surface area contributed by atoms with E-state index in [4.69, 9.17) is 42.0 Å². The van der Waals surface area contributed by atoms with Crippen LogP contribution in [-0.2, 0) is 9.59 Å². The number of benzene rings is 6. The standard InChI is InChI=1S/C33H33N7O4.C25H22N6O3.C8H12ClNO/c1-37(22-11-12-22)17-7-10-29(41)38(2)24-18-25(20-28(19-24)43-3)40-32-30(31(34)35-21-36-32)39(33(40)42)23-13-15-27(16-14-23)44-26-8-5-4-6-9-26;1-27-16-12-18(14-21(13-16)33-2)31-24-22(23(26)28-15-29-24)30(25(31)32)17-8-10-20(11-9-17)34-19-6-4-3-5-7-19;1-10(7-4-5-7)6-2-3-8(9)11/h4-10,13-16,18-22H,11-12,17H2,1-3H3,(H2,34,35,36);3-15,27H,1-2H3,(H2,26,28,29);2-3,7H,4-6H2,1H3/b10-7+;;3-2+. The third-order valence-electron chi connectivity index (χ3n) is 14.8. The number of aromatic nitrogens is 8. The highest BCUT2D eigenvalue weighted by Crippen LogP contribution is 2.33. The lowest BCUT2D eigenvalue weighted by Crippen LogP contribution is -2.26. The minimum absolute atomic E-state index is 0.146. The molecule has 4 heterocycles. The van der Waals surface area contributed by atoms with E-state index in [0.29, 0.717) is 92.1 Å². The molecule has 12 rings (SSSR count). The summed E-state index contributed by atoms with van der Waals surface area (Å²) in [5.41, 5.74) is 16.8. The second-order valence-electron chi connectivity index (χ2n) is 21.0. The van der Waals surface area contributed by atoms with Crippen LogP contribution in [0.3, 0.4) is 0 Å². The molecular weight excluding hydrogens is 1150 g/mol. The van der Waals surface area contributed by atoms with Crippen molar-refractivity contribution in [3.05, 3.63) is 204 Å². The third kappa shape index (κ3) is 14.7. The summed E-state index contributed by atoms with van der Waals surface area (Å²) >= 11 is 5.11. The monoisotopic (exact) mass is 1220 g/mol. The second-order valence-corrected chi connectivity index (χ2v) is 21.4. The van der Waals surface area contributed by atoms with Gasteiger partial charge in [-0.3, -0.25) is 28.5 Å². The molecule has 2 aliphatic carbocycles. The summed E-state index contributed by atoms with van der Waals surface area (Å²) < 4.78 is 28.7. The molecule has 456 valence electrons. The van der Waals surface area contributed by atoms with Gasteiger partial charge >= 0.3 is 11.4 Å². The number of hydrogen-bond donors (Lipinski definition) is 3. The highest BCUT2D eigenvalue weighted by molar-refractivity contribution is 6.66. The first-order valence-corrected chi connectivity index (χ1v) is 28.9. The number of likely N-dealkylation sites (N-methyl/N-ethyl adjacent to an activating group) is 3. The first kappa shape index (κ1) is 61.5. The Morgan fingerprint density at radius 1 is 0.551 bits per heavy atom. The highest BCUT2D eigenvalue weighted by atomic mass is 35.5. The number of halogens is 1. The topological polar surface area (TPSA) is 250 Å². The minimum atomic E-state index is -0.417. The van der Waals surface area contributed by atoms with Gasteiger partial charge in [0.05, 0.1) is 37.0 Å². The Morgan fingerprint density at radius 3 is 1.40 bits per heavy atom. The Balaban J connectivity index is 0.000000171. The molecule has 4 aromatic heterocycles. The van der Waals surface area contributed by atoms with Crippen LogP contribution >= 0.6 is 11.6 Å². The van der Waals surface area contributed by atoms with Crippen molar-refractivity contribution in [2.45, 2.75) is 37.8 Å². The molecule has 1 amide bonds. The van der Waals surface area contributed by atoms with Gasteiger partial charge in [-0.1, -0.05) is 48.6 Å². The fourth-order valence-electron chi connectivity index (χ4n) is 9.80. The van der Waals surface area contributed by atoms with Crippen molar-refractivity contribution >= 4 is 68.1 Å². The van der Waals surface area contributed by atoms with Gasteiger partial charge in [0, 0.05) is 81.0 Å². The summed E-state index contributed by atoms with van der Waals surface area (Å²) in [4.78, 5) is 74.2. The van der Waals surface area contributed by atoms with Crippen LogP contribution in [0.2, 0.25) is 0 Å². The van der Waals surface area contributed by atoms with Crippen molar-refractivity contribution in [1.82, 2.24) is 48.0 Å². The Kier molecular flexibility index (Phi) is 19.3. The van der Waals surface area contributed by atoms with Gasteiger partial charge in [0.1, 0.15) is 58.2 Å². The molecule has 0 spiro atoms. The number of rotatable bonds is 20. The van der Waals surface area contributed by atoms with Crippen molar-refractivity contribution in [2.75, 3.05) is 77.2 Å². The smallest absolute Gasteiger partial charge is 0.339 e. The fraction of sp³-hybridized carbons (Fsp3) is 0.212. The lowest BCUT2D eigenvalue weighted by Gasteiger charge is -2.18. The predicted octanol–water partition coefficient (Wildman–Crippen LogP) is 9.97. The van der Waals surface area contributed by atoms with Gasteiger partial charge in [0.25, 0.3) is 0 Å². The van der Waals surface area contributed by atoms with Crippen molar-refractivity contribution in [3.8, 4) is 57.2 Å². The molecular formula is C66H67ClN14O8. The predicted molar refractivity (Wildman–Crippen MR) is 347 cm³/mol. The maximum atomic E-state index is 14.1. The first-order chi connectivity index (χ1) is 43.1. The Bertz CT molecular complexity index is 4290. The average Bonchev–Trinajstić information content (AvgIpc) is 2.52. The summed E-state index contributed by atoms with van der Waals surface area (Å²) in [6.07, 6.45) is 14.3. The zero-order valence-corrected chi connectivity index (χ0v) is 50.7. The molecule has 0 unspecified atom stereocenters. The van der Waals surface area contributed by atoms with Gasteiger partial charge in [-0.25, -0.2) is 38.7 Å². The summed E-state index contributed by atoms with van der Waals surface area (Å²) in [6.45, 7) is 1.52. The van der Waals surface area contributed by atoms with E-state index in [1.54, 1.807) is 106 Å². The molecule has 23 heteroatoms. The number of methoxy groups -OCH3 is 2. The van der Waals surface area contributed by atoms with Gasteiger partial charge in [-0.05, 0) is 142 Å². The lowest BCUT2D eigenvalue weighted by molar-refractivity contribution is -0.114. The zero-order chi connectivity index (χ0) is 62.7. The number of carbonyl (C=O) groups excluding carboxylic acids is 2. The van der Waals surface area contributed by atoms with E-state index in [-0.39, 0.29) is 23.2 Å². The van der Waals surface area contributed by atoms with Crippen LogP contribution in [-0.4, -0.2) is 127 Å². The Hall–Kier alpha value is -10.6. The number of nitrogen functional groups attached to an aromatic ring is 2. The van der Waals surface area contributed by atoms with Crippen LogP contribution < -0.4 is 52.0 Å². The number of nitrogens with one attached hydrogen (secondary N) is 1. The Labute approximate surface area is 518 Å². The van der Waals surface area contributed by atoms with Crippen LogP contribution in [0.15, 0.2) is 192 Å². The fourth-order valence-corrected chi connectivity index (χ4v) is 9.89. The van der Waals surface area contributed by atoms with E-state index in [9.17, 15) is 19.2 Å². The largest absolute Gasteiger partial charge is 0.497 e. The molecule has 2 fully saturated rings. The molecule has 0 radical (unpaired) electrons. The molecule has 2 aliphatic rings. The van der Waals surface area contributed by atoms with Gasteiger partial charge < -0.3 is 40.6 Å². The van der Waals surface area contributed by atoms with Crippen LogP contribution in [0.5, 0.6) is 34.5 Å². The lowest BCUT2D eigenvalue weighted by atomic mass is 10.2. The van der Waals surface area contributed by atoms with E-state index >= 15 is 0 Å². The van der Waals surface area contributed by atoms with Crippen molar-refractivity contribution in [1.29, 1.82) is 0 Å². The van der Waals surface area contributed by atoms with Gasteiger partial charge in [0.2, 0.25) is 11.1 Å². The summed E-state index contributed by atoms with van der Waals surface area (Å²) in [5, 5.41) is 2.69. The first-order valence-electron chi connectivity index (χ1n) is 28.5. The SMILES string of the molecule is CN(C/C=C/C(=O)Cl)C1CC1.CNc1cc(OC)cc(-n2c(=O)n(-c3ccc(Oc4ccccc4)cc3)c3c(N)ncnc32)c1.COc1cc(N(C)C(=O)/C=C/CN(C)C2CC2)cc(-n2c(=O)n(-c3ccc(Oc4ccccc4)cc3)c3c(N)ncnc32)c1. The number of anilines is 4. The van der Waals surface area contributed by atoms with Crippen molar-refractivity contribution in [2.24, 2.45) is 0 Å². The van der Waals surface area contributed by atoms with E-state index in [0.717, 1.165) is 24.0 Å². The highest BCUT2D eigenvalue weighted by Gasteiger charge is 2.27. The number of nitrogens with two attached hydrogens (primary N) is 2.